The summed E-state index contributed by atoms with van der Waals surface area (Å²) in [6, 6.07) is 10.7. The summed E-state index contributed by atoms with van der Waals surface area (Å²) in [5.74, 6) is 0.472. The lowest BCUT2D eigenvalue weighted by Crippen LogP contribution is -2.59. The zero-order valence-electron chi connectivity index (χ0n) is 12.7. The Morgan fingerprint density at radius 2 is 1.67 bits per heavy atom. The molecule has 18 heavy (non-hydrogen) atoms. The van der Waals surface area contributed by atoms with Gasteiger partial charge in [-0.2, -0.15) is 0 Å². The Morgan fingerprint density at radius 1 is 1.11 bits per heavy atom. The van der Waals surface area contributed by atoms with Gasteiger partial charge < -0.3 is 5.73 Å². The number of unbranched alkanes of at least 4 members (excludes halogenated alkanes) is 1. The molecule has 2 N–H and O–H groups in total. The third kappa shape index (κ3) is 2.77. The molecule has 0 radical (unpaired) electrons. The highest BCUT2D eigenvalue weighted by molar-refractivity contribution is 5.29. The van der Waals surface area contributed by atoms with E-state index >= 15 is 0 Å². The molecule has 1 atom stereocenters. The van der Waals surface area contributed by atoms with Crippen molar-refractivity contribution in [3.63, 3.8) is 0 Å². The van der Waals surface area contributed by atoms with Crippen molar-refractivity contribution in [2.45, 2.75) is 64.8 Å². The molecule has 0 spiro atoms. The molecule has 1 heteroatoms. The Morgan fingerprint density at radius 3 is 2.11 bits per heavy atom. The number of benzene rings is 1. The summed E-state index contributed by atoms with van der Waals surface area (Å²) >= 11 is 0. The van der Waals surface area contributed by atoms with E-state index in [1.165, 1.54) is 18.4 Å². The van der Waals surface area contributed by atoms with Crippen LogP contribution in [0, 0.1) is 5.92 Å². The maximum atomic E-state index is 6.84. The molecule has 1 aromatic rings. The summed E-state index contributed by atoms with van der Waals surface area (Å²) in [5, 5.41) is 0. The zero-order valence-corrected chi connectivity index (χ0v) is 12.7. The van der Waals surface area contributed by atoms with Crippen LogP contribution in [-0.2, 0) is 5.41 Å². The first kappa shape index (κ1) is 15.2. The van der Waals surface area contributed by atoms with Crippen LogP contribution in [0.1, 0.15) is 59.4 Å². The molecule has 1 unspecified atom stereocenters. The molecule has 1 rings (SSSR count). The summed E-state index contributed by atoms with van der Waals surface area (Å²) in [7, 11) is 0. The van der Waals surface area contributed by atoms with Crippen molar-refractivity contribution in [3.8, 4) is 0 Å². The van der Waals surface area contributed by atoms with Gasteiger partial charge in [-0.25, -0.2) is 0 Å². The molecule has 102 valence electrons. The fraction of sp³-hybridized carbons (Fsp3) is 0.647. The molecule has 0 aliphatic rings. The highest BCUT2D eigenvalue weighted by Gasteiger charge is 2.44. The highest BCUT2D eigenvalue weighted by atomic mass is 14.8. The van der Waals surface area contributed by atoms with Crippen LogP contribution in [0.3, 0.4) is 0 Å². The van der Waals surface area contributed by atoms with Gasteiger partial charge in [-0.1, -0.05) is 77.8 Å². The van der Waals surface area contributed by atoms with Gasteiger partial charge in [0.1, 0.15) is 0 Å². The monoisotopic (exact) mass is 247 g/mol. The molecule has 0 aliphatic carbocycles. The first-order valence-corrected chi connectivity index (χ1v) is 7.20. The summed E-state index contributed by atoms with van der Waals surface area (Å²) in [6.45, 7) is 11.3. The Hall–Kier alpha value is -0.820. The molecule has 0 saturated heterocycles. The van der Waals surface area contributed by atoms with Gasteiger partial charge in [0, 0.05) is 11.0 Å². The Balaban J connectivity index is 3.11. The maximum absolute atomic E-state index is 6.84. The molecule has 0 fully saturated rings. The first-order chi connectivity index (χ1) is 8.36. The minimum Gasteiger partial charge on any atom is -0.324 e. The lowest BCUT2D eigenvalue weighted by atomic mass is 9.61. The van der Waals surface area contributed by atoms with Gasteiger partial charge in [0.25, 0.3) is 0 Å². The smallest absolute Gasteiger partial charge is 0.0270 e. The lowest BCUT2D eigenvalue weighted by Gasteiger charge is -2.48. The van der Waals surface area contributed by atoms with Gasteiger partial charge in [0.15, 0.2) is 0 Å². The van der Waals surface area contributed by atoms with E-state index in [4.69, 9.17) is 5.73 Å². The molecule has 0 heterocycles. The van der Waals surface area contributed by atoms with Crippen molar-refractivity contribution in [1.82, 2.24) is 0 Å². The predicted octanol–water partition coefficient (Wildman–Crippen LogP) is 4.51. The second-order valence-corrected chi connectivity index (χ2v) is 6.29. The lowest BCUT2D eigenvalue weighted by molar-refractivity contribution is 0.165. The SMILES string of the molecule is CCCCC(N)(C(C)C)C(C)(C)c1ccccc1. The Bertz CT molecular complexity index is 353. The minimum absolute atomic E-state index is 0.00238. The van der Waals surface area contributed by atoms with E-state index in [-0.39, 0.29) is 11.0 Å². The molecule has 0 amide bonds. The van der Waals surface area contributed by atoms with Gasteiger partial charge in [-0.05, 0) is 17.9 Å². The summed E-state index contributed by atoms with van der Waals surface area (Å²) in [5.41, 5.74) is 8.03. The van der Waals surface area contributed by atoms with E-state index in [0.29, 0.717) is 5.92 Å². The van der Waals surface area contributed by atoms with Crippen molar-refractivity contribution in [2.24, 2.45) is 11.7 Å². The number of nitrogens with two attached hydrogens (primary N) is 1. The van der Waals surface area contributed by atoms with Crippen LogP contribution in [0.4, 0.5) is 0 Å². The van der Waals surface area contributed by atoms with Crippen LogP contribution in [0.25, 0.3) is 0 Å². The van der Waals surface area contributed by atoms with Crippen LogP contribution >= 0.6 is 0 Å². The van der Waals surface area contributed by atoms with Gasteiger partial charge in [0.2, 0.25) is 0 Å². The largest absolute Gasteiger partial charge is 0.324 e. The van der Waals surface area contributed by atoms with Crippen molar-refractivity contribution in [1.29, 1.82) is 0 Å². The molecule has 1 aromatic carbocycles. The average molecular weight is 247 g/mol. The Labute approximate surface area is 113 Å². The van der Waals surface area contributed by atoms with E-state index in [1.54, 1.807) is 0 Å². The maximum Gasteiger partial charge on any atom is 0.0270 e. The number of hydrogen-bond donors (Lipinski definition) is 1. The van der Waals surface area contributed by atoms with Gasteiger partial charge >= 0.3 is 0 Å². The van der Waals surface area contributed by atoms with Crippen LogP contribution in [0.15, 0.2) is 30.3 Å². The van der Waals surface area contributed by atoms with E-state index in [2.05, 4.69) is 65.0 Å². The second kappa shape index (κ2) is 5.88. The summed E-state index contributed by atoms with van der Waals surface area (Å²) in [6.07, 6.45) is 3.49. The molecule has 1 nitrogen and oxygen atoms in total. The highest BCUT2D eigenvalue weighted by Crippen LogP contribution is 2.41. The van der Waals surface area contributed by atoms with Gasteiger partial charge in [-0.3, -0.25) is 0 Å². The van der Waals surface area contributed by atoms with Crippen molar-refractivity contribution < 1.29 is 0 Å². The third-order valence-electron chi connectivity index (χ3n) is 4.63. The average Bonchev–Trinajstić information content (AvgIpc) is 2.36. The van der Waals surface area contributed by atoms with Crippen molar-refractivity contribution in [2.75, 3.05) is 0 Å². The standard InChI is InChI=1S/C17H29N/c1-6-7-13-17(18,14(2)3)16(4,5)15-11-9-8-10-12-15/h8-12,14H,6-7,13,18H2,1-5H3. The fourth-order valence-electron chi connectivity index (χ4n) is 2.92. The van der Waals surface area contributed by atoms with Crippen molar-refractivity contribution in [3.05, 3.63) is 35.9 Å². The fourth-order valence-corrected chi connectivity index (χ4v) is 2.92. The van der Waals surface area contributed by atoms with Crippen LogP contribution < -0.4 is 5.73 Å². The van der Waals surface area contributed by atoms with Crippen molar-refractivity contribution >= 4 is 0 Å². The zero-order chi connectivity index (χ0) is 13.8. The quantitative estimate of drug-likeness (QED) is 0.786. The summed E-state index contributed by atoms with van der Waals surface area (Å²) in [4.78, 5) is 0. The van der Waals surface area contributed by atoms with Gasteiger partial charge in [0.05, 0.1) is 0 Å². The molecule has 0 aromatic heterocycles. The second-order valence-electron chi connectivity index (χ2n) is 6.29. The predicted molar refractivity (Wildman–Crippen MR) is 80.7 cm³/mol. The van der Waals surface area contributed by atoms with Crippen LogP contribution in [0.5, 0.6) is 0 Å². The van der Waals surface area contributed by atoms with E-state index in [0.717, 1.165) is 6.42 Å². The van der Waals surface area contributed by atoms with E-state index in [9.17, 15) is 0 Å². The minimum atomic E-state index is -0.148. The third-order valence-corrected chi connectivity index (χ3v) is 4.63. The topological polar surface area (TPSA) is 26.0 Å². The summed E-state index contributed by atoms with van der Waals surface area (Å²) < 4.78 is 0. The number of hydrogen-bond acceptors (Lipinski definition) is 1. The Kier molecular flexibility index (Phi) is 4.98. The van der Waals surface area contributed by atoms with E-state index < -0.39 is 0 Å². The number of rotatable bonds is 6. The molecule has 0 bridgehead atoms. The molecule has 0 aliphatic heterocycles. The normalized spacial score (nSPS) is 15.7. The first-order valence-electron chi connectivity index (χ1n) is 7.20. The van der Waals surface area contributed by atoms with E-state index in [1.807, 2.05) is 0 Å². The molecular weight excluding hydrogens is 218 g/mol. The van der Waals surface area contributed by atoms with Crippen LogP contribution in [-0.4, -0.2) is 5.54 Å². The van der Waals surface area contributed by atoms with Gasteiger partial charge in [-0.15, -0.1) is 0 Å². The molecular formula is C17H29N. The van der Waals surface area contributed by atoms with Crippen LogP contribution in [0.2, 0.25) is 0 Å². The molecule has 0 saturated carbocycles.